The highest BCUT2D eigenvalue weighted by molar-refractivity contribution is 8.00. The van der Waals surface area contributed by atoms with Gasteiger partial charge in [0.15, 0.2) is 5.82 Å². The van der Waals surface area contributed by atoms with Gasteiger partial charge in [-0.05, 0) is 74.4 Å². The Labute approximate surface area is 190 Å². The van der Waals surface area contributed by atoms with Gasteiger partial charge < -0.3 is 19.3 Å². The van der Waals surface area contributed by atoms with Crippen LogP contribution in [-0.4, -0.2) is 29.3 Å². The Morgan fingerprint density at radius 3 is 2.66 bits per heavy atom. The highest BCUT2D eigenvalue weighted by Crippen LogP contribution is 2.40. The van der Waals surface area contributed by atoms with Crippen LogP contribution in [0, 0.1) is 12.7 Å². The number of aryl methyl sites for hydroxylation is 2. The van der Waals surface area contributed by atoms with Crippen molar-refractivity contribution in [3.05, 3.63) is 59.2 Å². The van der Waals surface area contributed by atoms with Gasteiger partial charge in [-0.15, -0.1) is 0 Å². The van der Waals surface area contributed by atoms with Gasteiger partial charge in [-0.1, -0.05) is 18.1 Å². The SMILES string of the molecule is CCc1ccc(C(=O)O)cc1SNc1c(N2CCCCC2)ccc(-c2cnoc2C)c1F. The van der Waals surface area contributed by atoms with E-state index in [1.807, 2.05) is 19.1 Å². The summed E-state index contributed by atoms with van der Waals surface area (Å²) in [5.41, 5.74) is 3.43. The van der Waals surface area contributed by atoms with Crippen molar-refractivity contribution < 1.29 is 18.8 Å². The van der Waals surface area contributed by atoms with E-state index in [0.29, 0.717) is 22.6 Å². The molecular formula is C24H26FN3O3S. The number of hydrogen-bond donors (Lipinski definition) is 2. The second-order valence-electron chi connectivity index (χ2n) is 7.85. The fourth-order valence-corrected chi connectivity index (χ4v) is 4.94. The molecule has 0 unspecified atom stereocenters. The fourth-order valence-electron chi connectivity index (χ4n) is 4.01. The van der Waals surface area contributed by atoms with E-state index in [1.165, 1.54) is 24.6 Å². The molecule has 0 atom stereocenters. The average molecular weight is 456 g/mol. The smallest absolute Gasteiger partial charge is 0.335 e. The second-order valence-corrected chi connectivity index (χ2v) is 8.70. The lowest BCUT2D eigenvalue weighted by atomic mass is 10.0. The molecule has 0 aliphatic carbocycles. The van der Waals surface area contributed by atoms with Crippen LogP contribution in [0.15, 0.2) is 45.9 Å². The fraction of sp³-hybridized carbons (Fsp3) is 0.333. The molecule has 8 heteroatoms. The molecule has 1 aliphatic heterocycles. The normalized spacial score (nSPS) is 13.9. The van der Waals surface area contributed by atoms with Crippen molar-refractivity contribution in [1.82, 2.24) is 5.16 Å². The maximum atomic E-state index is 15.9. The summed E-state index contributed by atoms with van der Waals surface area (Å²) in [6.45, 7) is 5.51. The number of hydrogen-bond acceptors (Lipinski definition) is 6. The molecule has 6 nitrogen and oxygen atoms in total. The monoisotopic (exact) mass is 455 g/mol. The van der Waals surface area contributed by atoms with Crippen LogP contribution in [0.25, 0.3) is 11.1 Å². The lowest BCUT2D eigenvalue weighted by molar-refractivity contribution is 0.0696. The number of carboxylic acids is 1. The third-order valence-corrected chi connectivity index (χ3v) is 6.72. The van der Waals surface area contributed by atoms with E-state index in [9.17, 15) is 9.90 Å². The molecule has 1 fully saturated rings. The van der Waals surface area contributed by atoms with Gasteiger partial charge in [-0.25, -0.2) is 9.18 Å². The molecule has 3 aromatic rings. The first-order valence-corrected chi connectivity index (χ1v) is 11.6. The third-order valence-electron chi connectivity index (χ3n) is 5.82. The number of benzene rings is 2. The highest BCUT2D eigenvalue weighted by Gasteiger charge is 2.22. The number of rotatable bonds is 7. The number of anilines is 2. The quantitative estimate of drug-likeness (QED) is 0.413. The maximum absolute atomic E-state index is 15.9. The van der Waals surface area contributed by atoms with Gasteiger partial charge >= 0.3 is 5.97 Å². The van der Waals surface area contributed by atoms with Gasteiger partial charge in [-0.3, -0.25) is 0 Å². The zero-order valence-electron chi connectivity index (χ0n) is 18.2. The Kier molecular flexibility index (Phi) is 6.69. The lowest BCUT2D eigenvalue weighted by Gasteiger charge is -2.31. The number of halogens is 1. The summed E-state index contributed by atoms with van der Waals surface area (Å²) >= 11 is 1.24. The van der Waals surface area contributed by atoms with Gasteiger partial charge in [0.1, 0.15) is 11.4 Å². The molecule has 2 N–H and O–H groups in total. The Morgan fingerprint density at radius 2 is 2.00 bits per heavy atom. The number of aromatic carboxylic acids is 1. The standard InChI is InChI=1S/C24H26FN3O3S/c1-3-16-7-8-17(24(29)30)13-21(16)32-27-23-20(28-11-5-4-6-12-28)10-9-18(22(23)25)19-14-26-31-15(19)2/h7-10,13-14,27H,3-6,11-12H2,1-2H3,(H,29,30). The summed E-state index contributed by atoms with van der Waals surface area (Å²) in [5.74, 6) is -0.811. The Balaban J connectivity index is 1.73. The van der Waals surface area contributed by atoms with Crippen LogP contribution in [0.4, 0.5) is 15.8 Å². The molecule has 1 aliphatic rings. The van der Waals surface area contributed by atoms with Crippen LogP contribution < -0.4 is 9.62 Å². The minimum Gasteiger partial charge on any atom is -0.478 e. The number of nitrogens with one attached hydrogen (secondary N) is 1. The van der Waals surface area contributed by atoms with Crippen LogP contribution >= 0.6 is 11.9 Å². The van der Waals surface area contributed by atoms with Gasteiger partial charge in [-0.2, -0.15) is 0 Å². The molecule has 1 aromatic heterocycles. The predicted octanol–water partition coefficient (Wildman–Crippen LogP) is 6.16. The van der Waals surface area contributed by atoms with Crippen LogP contribution in [0.1, 0.15) is 47.9 Å². The second kappa shape index (κ2) is 9.65. The lowest BCUT2D eigenvalue weighted by Crippen LogP contribution is -2.30. The maximum Gasteiger partial charge on any atom is 0.335 e. The van der Waals surface area contributed by atoms with E-state index in [0.717, 1.165) is 48.5 Å². The molecule has 0 amide bonds. The molecule has 4 rings (SSSR count). The minimum absolute atomic E-state index is 0.206. The van der Waals surface area contributed by atoms with E-state index in [4.69, 9.17) is 4.52 Å². The van der Waals surface area contributed by atoms with Crippen LogP contribution in [0.3, 0.4) is 0 Å². The number of carboxylic acid groups (broad SMARTS) is 1. The Hall–Kier alpha value is -3.00. The molecule has 0 spiro atoms. The van der Waals surface area contributed by atoms with E-state index < -0.39 is 5.97 Å². The molecule has 0 saturated carbocycles. The van der Waals surface area contributed by atoms with E-state index >= 15 is 4.39 Å². The van der Waals surface area contributed by atoms with Gasteiger partial charge in [0.05, 0.1) is 17.4 Å². The molecule has 168 valence electrons. The van der Waals surface area contributed by atoms with Crippen molar-refractivity contribution >= 4 is 29.3 Å². The van der Waals surface area contributed by atoms with Crippen LogP contribution in [0.5, 0.6) is 0 Å². The summed E-state index contributed by atoms with van der Waals surface area (Å²) in [7, 11) is 0. The van der Waals surface area contributed by atoms with Gasteiger partial charge in [0.2, 0.25) is 0 Å². The highest BCUT2D eigenvalue weighted by atomic mass is 32.2. The van der Waals surface area contributed by atoms with E-state index in [1.54, 1.807) is 25.1 Å². The Bertz CT molecular complexity index is 1130. The predicted molar refractivity (Wildman–Crippen MR) is 125 cm³/mol. The van der Waals surface area contributed by atoms with Gasteiger partial charge in [0, 0.05) is 29.1 Å². The van der Waals surface area contributed by atoms with Crippen molar-refractivity contribution in [3.8, 4) is 11.1 Å². The zero-order valence-corrected chi connectivity index (χ0v) is 19.0. The van der Waals surface area contributed by atoms with Crippen molar-refractivity contribution in [3.63, 3.8) is 0 Å². The third kappa shape index (κ3) is 4.46. The largest absolute Gasteiger partial charge is 0.478 e. The number of piperidine rings is 1. The average Bonchev–Trinajstić information content (AvgIpc) is 3.23. The number of nitrogens with zero attached hydrogens (tertiary/aromatic N) is 2. The number of carbonyl (C=O) groups is 1. The zero-order chi connectivity index (χ0) is 22.7. The molecule has 0 bridgehead atoms. The molecule has 2 heterocycles. The molecular weight excluding hydrogens is 429 g/mol. The minimum atomic E-state index is -0.986. The first kappa shape index (κ1) is 22.2. The molecule has 32 heavy (non-hydrogen) atoms. The van der Waals surface area contributed by atoms with Crippen LogP contribution in [-0.2, 0) is 6.42 Å². The molecule has 0 radical (unpaired) electrons. The topological polar surface area (TPSA) is 78.6 Å². The van der Waals surface area contributed by atoms with Crippen molar-refractivity contribution in [1.29, 1.82) is 0 Å². The molecule has 1 saturated heterocycles. The number of aromatic nitrogens is 1. The summed E-state index contributed by atoms with van der Waals surface area (Å²) in [6, 6.07) is 8.75. The molecule has 2 aromatic carbocycles. The first-order valence-electron chi connectivity index (χ1n) is 10.8. The summed E-state index contributed by atoms with van der Waals surface area (Å²) < 4.78 is 24.2. The first-order chi connectivity index (χ1) is 15.5. The van der Waals surface area contributed by atoms with Crippen molar-refractivity contribution in [2.45, 2.75) is 44.4 Å². The van der Waals surface area contributed by atoms with Crippen molar-refractivity contribution in [2.24, 2.45) is 0 Å². The Morgan fingerprint density at radius 1 is 1.22 bits per heavy atom. The van der Waals surface area contributed by atoms with Gasteiger partial charge in [0.25, 0.3) is 0 Å². The van der Waals surface area contributed by atoms with Crippen LogP contribution in [0.2, 0.25) is 0 Å². The summed E-state index contributed by atoms with van der Waals surface area (Å²) in [5, 5.41) is 13.2. The van der Waals surface area contributed by atoms with E-state index in [2.05, 4.69) is 14.8 Å². The van der Waals surface area contributed by atoms with Crippen molar-refractivity contribution in [2.75, 3.05) is 22.7 Å². The summed E-state index contributed by atoms with van der Waals surface area (Å²) in [4.78, 5) is 14.4. The summed E-state index contributed by atoms with van der Waals surface area (Å²) in [6.07, 6.45) is 5.58. The van der Waals surface area contributed by atoms with E-state index in [-0.39, 0.29) is 11.4 Å².